The molecule has 0 aliphatic rings. The largest absolute Gasteiger partial charge is 0.384 e. The first-order valence-electron chi connectivity index (χ1n) is 4.84. The van der Waals surface area contributed by atoms with Gasteiger partial charge in [0.25, 0.3) is 0 Å². The molecule has 0 unspecified atom stereocenters. The van der Waals surface area contributed by atoms with E-state index in [0.29, 0.717) is 11.7 Å². The van der Waals surface area contributed by atoms with E-state index in [0.717, 1.165) is 15.4 Å². The zero-order valence-corrected chi connectivity index (χ0v) is 9.58. The number of thiazole rings is 1. The highest BCUT2D eigenvalue weighted by atomic mass is 32.1. The number of nitrogen functional groups attached to an aromatic ring is 1. The first-order valence-corrected chi connectivity index (χ1v) is 5.66. The maximum absolute atomic E-state index is 5.64. The molecule has 0 aliphatic carbocycles. The third-order valence-electron chi connectivity index (χ3n) is 2.08. The highest BCUT2D eigenvalue weighted by Crippen LogP contribution is 2.29. The van der Waals surface area contributed by atoms with Crippen molar-refractivity contribution in [2.24, 2.45) is 0 Å². The van der Waals surface area contributed by atoms with E-state index in [2.05, 4.69) is 23.8 Å². The Morgan fingerprint density at radius 3 is 2.73 bits per heavy atom. The van der Waals surface area contributed by atoms with E-state index in [1.165, 1.54) is 0 Å². The van der Waals surface area contributed by atoms with Gasteiger partial charge in [0.15, 0.2) is 0 Å². The predicted octanol–water partition coefficient (Wildman–Crippen LogP) is 2.91. The van der Waals surface area contributed by atoms with Crippen LogP contribution < -0.4 is 5.73 Å². The molecule has 15 heavy (non-hydrogen) atoms. The van der Waals surface area contributed by atoms with E-state index in [9.17, 15) is 0 Å². The molecule has 2 N–H and O–H groups in total. The summed E-state index contributed by atoms with van der Waals surface area (Å²) >= 11 is 1.71. The summed E-state index contributed by atoms with van der Waals surface area (Å²) in [5, 5.41) is 1.15. The van der Waals surface area contributed by atoms with Crippen molar-refractivity contribution in [2.45, 2.75) is 19.8 Å². The van der Waals surface area contributed by atoms with Gasteiger partial charge in [-0.1, -0.05) is 13.8 Å². The number of nitrogens with two attached hydrogens (primary N) is 1. The summed E-state index contributed by atoms with van der Waals surface area (Å²) in [7, 11) is 0. The van der Waals surface area contributed by atoms with Crippen LogP contribution >= 0.6 is 11.3 Å². The van der Waals surface area contributed by atoms with Gasteiger partial charge < -0.3 is 5.73 Å². The van der Waals surface area contributed by atoms with Crippen LogP contribution in [0.25, 0.3) is 10.4 Å². The number of rotatable bonds is 2. The van der Waals surface area contributed by atoms with Gasteiger partial charge in [0.2, 0.25) is 0 Å². The van der Waals surface area contributed by atoms with Crippen LogP contribution in [0, 0.1) is 0 Å². The summed E-state index contributed by atoms with van der Waals surface area (Å²) in [6, 6.07) is 3.82. The number of pyridine rings is 1. The van der Waals surface area contributed by atoms with E-state index < -0.39 is 0 Å². The van der Waals surface area contributed by atoms with E-state index in [-0.39, 0.29) is 0 Å². The topological polar surface area (TPSA) is 51.8 Å². The van der Waals surface area contributed by atoms with Crippen LogP contribution in [-0.2, 0) is 0 Å². The van der Waals surface area contributed by atoms with Crippen molar-refractivity contribution in [3.8, 4) is 10.4 Å². The number of hydrogen-bond donors (Lipinski definition) is 1. The Hall–Kier alpha value is -1.42. The van der Waals surface area contributed by atoms with Gasteiger partial charge in [-0.25, -0.2) is 9.97 Å². The standard InChI is InChI=1S/C11H13N3S/c1-7(2)11-14-6-9(15-11)8-3-4-13-10(12)5-8/h3-7H,1-2H3,(H2,12,13). The molecule has 0 saturated heterocycles. The lowest BCUT2D eigenvalue weighted by Crippen LogP contribution is -1.88. The molecule has 3 nitrogen and oxygen atoms in total. The molecule has 0 atom stereocenters. The SMILES string of the molecule is CC(C)c1ncc(-c2ccnc(N)c2)s1. The van der Waals surface area contributed by atoms with Gasteiger partial charge in [0, 0.05) is 18.3 Å². The molecular formula is C11H13N3S. The maximum atomic E-state index is 5.64. The summed E-state index contributed by atoms with van der Waals surface area (Å²) in [6.07, 6.45) is 3.62. The Morgan fingerprint density at radius 1 is 1.33 bits per heavy atom. The highest BCUT2D eigenvalue weighted by Gasteiger charge is 2.07. The second kappa shape index (κ2) is 3.98. The normalized spacial score (nSPS) is 10.9. The molecule has 0 aromatic carbocycles. The summed E-state index contributed by atoms with van der Waals surface area (Å²) in [5.74, 6) is 1.02. The molecule has 2 rings (SSSR count). The molecule has 78 valence electrons. The number of anilines is 1. The molecule has 0 amide bonds. The number of aromatic nitrogens is 2. The lowest BCUT2D eigenvalue weighted by atomic mass is 10.2. The van der Waals surface area contributed by atoms with Crippen molar-refractivity contribution in [1.82, 2.24) is 9.97 Å². The van der Waals surface area contributed by atoms with Crippen molar-refractivity contribution in [2.75, 3.05) is 5.73 Å². The molecular weight excluding hydrogens is 206 g/mol. The Balaban J connectivity index is 2.37. The third kappa shape index (κ3) is 2.15. The van der Waals surface area contributed by atoms with Crippen LogP contribution in [-0.4, -0.2) is 9.97 Å². The first-order chi connectivity index (χ1) is 7.16. The summed E-state index contributed by atoms with van der Waals surface area (Å²) in [6.45, 7) is 4.28. The Kier molecular flexibility index (Phi) is 2.68. The van der Waals surface area contributed by atoms with Gasteiger partial charge in [-0.05, 0) is 17.7 Å². The van der Waals surface area contributed by atoms with Crippen molar-refractivity contribution in [3.05, 3.63) is 29.5 Å². The van der Waals surface area contributed by atoms with Crippen LogP contribution in [0.2, 0.25) is 0 Å². The highest BCUT2D eigenvalue weighted by molar-refractivity contribution is 7.15. The minimum absolute atomic E-state index is 0.475. The minimum Gasteiger partial charge on any atom is -0.384 e. The Bertz CT molecular complexity index is 462. The zero-order valence-electron chi connectivity index (χ0n) is 8.77. The van der Waals surface area contributed by atoms with Crippen molar-refractivity contribution < 1.29 is 0 Å². The van der Waals surface area contributed by atoms with Gasteiger partial charge in [0.05, 0.1) is 9.88 Å². The molecule has 2 aromatic heterocycles. The van der Waals surface area contributed by atoms with Gasteiger partial charge in [-0.2, -0.15) is 0 Å². The number of nitrogens with zero attached hydrogens (tertiary/aromatic N) is 2. The van der Waals surface area contributed by atoms with Crippen molar-refractivity contribution >= 4 is 17.2 Å². The predicted molar refractivity (Wildman–Crippen MR) is 63.8 cm³/mol. The maximum Gasteiger partial charge on any atom is 0.123 e. The summed E-state index contributed by atoms with van der Waals surface area (Å²) < 4.78 is 0. The molecule has 4 heteroatoms. The van der Waals surface area contributed by atoms with Crippen LogP contribution in [0.15, 0.2) is 24.5 Å². The average Bonchev–Trinajstić information content (AvgIpc) is 2.66. The van der Waals surface area contributed by atoms with Gasteiger partial charge in [-0.15, -0.1) is 11.3 Å². The lowest BCUT2D eigenvalue weighted by Gasteiger charge is -1.98. The fourth-order valence-electron chi connectivity index (χ4n) is 1.29. The molecule has 0 spiro atoms. The molecule has 2 aromatic rings. The second-order valence-corrected chi connectivity index (χ2v) is 4.75. The van der Waals surface area contributed by atoms with Crippen LogP contribution in [0.3, 0.4) is 0 Å². The van der Waals surface area contributed by atoms with Crippen molar-refractivity contribution in [3.63, 3.8) is 0 Å². The third-order valence-corrected chi connectivity index (χ3v) is 3.43. The molecule has 0 bridgehead atoms. The van der Waals surface area contributed by atoms with Crippen LogP contribution in [0.4, 0.5) is 5.82 Å². The Morgan fingerprint density at radius 2 is 2.13 bits per heavy atom. The van der Waals surface area contributed by atoms with Gasteiger partial charge >= 0.3 is 0 Å². The fraction of sp³-hybridized carbons (Fsp3) is 0.273. The molecule has 0 radical (unpaired) electrons. The molecule has 2 heterocycles. The van der Waals surface area contributed by atoms with E-state index in [1.54, 1.807) is 17.5 Å². The molecule has 0 aliphatic heterocycles. The number of hydrogen-bond acceptors (Lipinski definition) is 4. The first kappa shape index (κ1) is 10.1. The second-order valence-electron chi connectivity index (χ2n) is 3.69. The smallest absolute Gasteiger partial charge is 0.123 e. The van der Waals surface area contributed by atoms with E-state index in [4.69, 9.17) is 5.73 Å². The lowest BCUT2D eigenvalue weighted by molar-refractivity contribution is 0.852. The quantitative estimate of drug-likeness (QED) is 0.845. The summed E-state index contributed by atoms with van der Waals surface area (Å²) in [4.78, 5) is 9.49. The monoisotopic (exact) mass is 219 g/mol. The van der Waals surface area contributed by atoms with Crippen molar-refractivity contribution in [1.29, 1.82) is 0 Å². The molecule has 0 saturated carbocycles. The summed E-state index contributed by atoms with van der Waals surface area (Å²) in [5.41, 5.74) is 6.73. The van der Waals surface area contributed by atoms with Crippen LogP contribution in [0.5, 0.6) is 0 Å². The zero-order chi connectivity index (χ0) is 10.8. The van der Waals surface area contributed by atoms with Crippen LogP contribution in [0.1, 0.15) is 24.8 Å². The Labute approximate surface area is 93.0 Å². The van der Waals surface area contributed by atoms with Gasteiger partial charge in [0.1, 0.15) is 5.82 Å². The average molecular weight is 219 g/mol. The minimum atomic E-state index is 0.475. The van der Waals surface area contributed by atoms with E-state index in [1.807, 2.05) is 18.3 Å². The molecule has 0 fully saturated rings. The fourth-order valence-corrected chi connectivity index (χ4v) is 2.21. The van der Waals surface area contributed by atoms with E-state index >= 15 is 0 Å². The van der Waals surface area contributed by atoms with Gasteiger partial charge in [-0.3, -0.25) is 0 Å².